The maximum absolute atomic E-state index is 16.0. The van der Waals surface area contributed by atoms with E-state index in [0.717, 1.165) is 0 Å². The third kappa shape index (κ3) is 2.23. The molecular formula is C17H18FNO. The van der Waals surface area contributed by atoms with Gasteiger partial charge in [0.2, 0.25) is 0 Å². The van der Waals surface area contributed by atoms with Crippen LogP contribution in [0.5, 0.6) is 0 Å². The van der Waals surface area contributed by atoms with Crippen molar-refractivity contribution in [3.05, 3.63) is 71.8 Å². The van der Waals surface area contributed by atoms with Crippen LogP contribution in [0.25, 0.3) is 0 Å². The molecule has 0 amide bonds. The van der Waals surface area contributed by atoms with Crippen molar-refractivity contribution >= 4 is 0 Å². The van der Waals surface area contributed by atoms with E-state index in [1.54, 1.807) is 24.3 Å². The summed E-state index contributed by atoms with van der Waals surface area (Å²) in [6, 6.07) is 17.9. The van der Waals surface area contributed by atoms with Crippen molar-refractivity contribution < 1.29 is 9.50 Å². The number of nitrogens with one attached hydrogen (secondary N) is 1. The Morgan fingerprint density at radius 2 is 1.45 bits per heavy atom. The minimum Gasteiger partial charge on any atom is -0.392 e. The first-order chi connectivity index (χ1) is 9.71. The van der Waals surface area contributed by atoms with Crippen LogP contribution < -0.4 is 5.32 Å². The Hall–Kier alpha value is -1.71. The van der Waals surface area contributed by atoms with E-state index in [2.05, 4.69) is 5.32 Å². The Morgan fingerprint density at radius 3 is 1.85 bits per heavy atom. The Kier molecular flexibility index (Phi) is 3.55. The van der Waals surface area contributed by atoms with Crippen LogP contribution in [0, 0.1) is 0 Å². The topological polar surface area (TPSA) is 32.3 Å². The smallest absolute Gasteiger partial charge is 0.176 e. The monoisotopic (exact) mass is 271 g/mol. The van der Waals surface area contributed by atoms with Gasteiger partial charge in [-0.15, -0.1) is 0 Å². The third-order valence-electron chi connectivity index (χ3n) is 3.98. The molecule has 0 spiro atoms. The summed E-state index contributed by atoms with van der Waals surface area (Å²) in [5.74, 6) is 0. The van der Waals surface area contributed by atoms with E-state index in [4.69, 9.17) is 0 Å². The van der Waals surface area contributed by atoms with Gasteiger partial charge in [0.05, 0.1) is 12.1 Å². The zero-order valence-corrected chi connectivity index (χ0v) is 11.2. The summed E-state index contributed by atoms with van der Waals surface area (Å²) in [6.45, 7) is 0.440. The molecule has 0 bridgehead atoms. The first kappa shape index (κ1) is 13.3. The number of hydrogen-bond donors (Lipinski definition) is 2. The zero-order valence-electron chi connectivity index (χ0n) is 11.2. The van der Waals surface area contributed by atoms with Gasteiger partial charge < -0.3 is 10.4 Å². The fourth-order valence-electron chi connectivity index (χ4n) is 2.95. The minimum atomic E-state index is -1.62. The van der Waals surface area contributed by atoms with Gasteiger partial charge in [-0.05, 0) is 17.5 Å². The molecule has 1 heterocycles. The lowest BCUT2D eigenvalue weighted by atomic mass is 9.81. The Labute approximate surface area is 118 Å². The molecule has 2 aromatic carbocycles. The van der Waals surface area contributed by atoms with Gasteiger partial charge in [0.25, 0.3) is 0 Å². The lowest BCUT2D eigenvalue weighted by Gasteiger charge is -2.32. The molecule has 2 atom stereocenters. The predicted molar refractivity (Wildman–Crippen MR) is 77.2 cm³/mol. The number of hydrogen-bond acceptors (Lipinski definition) is 2. The highest BCUT2D eigenvalue weighted by atomic mass is 19.1. The molecule has 0 unspecified atom stereocenters. The van der Waals surface area contributed by atoms with Crippen molar-refractivity contribution in [2.24, 2.45) is 0 Å². The van der Waals surface area contributed by atoms with Crippen LogP contribution in [-0.2, 0) is 5.67 Å². The van der Waals surface area contributed by atoms with Crippen LogP contribution >= 0.6 is 0 Å². The van der Waals surface area contributed by atoms with Crippen LogP contribution in [-0.4, -0.2) is 23.8 Å². The van der Waals surface area contributed by atoms with Gasteiger partial charge in [0.15, 0.2) is 5.67 Å². The number of aliphatic hydroxyl groups excluding tert-OH is 1. The quantitative estimate of drug-likeness (QED) is 0.899. The maximum atomic E-state index is 16.0. The van der Waals surface area contributed by atoms with Gasteiger partial charge in [0, 0.05) is 6.54 Å². The molecule has 2 N–H and O–H groups in total. The normalized spacial score (nSPS) is 22.9. The SMILES string of the molecule is O[C@H]1CN[C@H](C(F)(c2ccccc2)c2ccccc2)C1. The summed E-state index contributed by atoms with van der Waals surface area (Å²) in [7, 11) is 0. The van der Waals surface area contributed by atoms with Crippen molar-refractivity contribution in [3.63, 3.8) is 0 Å². The van der Waals surface area contributed by atoms with E-state index in [1.165, 1.54) is 0 Å². The van der Waals surface area contributed by atoms with Gasteiger partial charge in [-0.2, -0.15) is 0 Å². The van der Waals surface area contributed by atoms with E-state index in [1.807, 2.05) is 36.4 Å². The van der Waals surface area contributed by atoms with Gasteiger partial charge in [-0.3, -0.25) is 0 Å². The lowest BCUT2D eigenvalue weighted by molar-refractivity contribution is 0.142. The molecule has 104 valence electrons. The van der Waals surface area contributed by atoms with Crippen molar-refractivity contribution in [1.29, 1.82) is 0 Å². The molecule has 3 rings (SSSR count). The van der Waals surface area contributed by atoms with E-state index in [-0.39, 0.29) is 0 Å². The molecule has 2 nitrogen and oxygen atoms in total. The Balaban J connectivity index is 2.08. The fraction of sp³-hybridized carbons (Fsp3) is 0.294. The number of aliphatic hydroxyl groups is 1. The van der Waals surface area contributed by atoms with Crippen LogP contribution in [0.15, 0.2) is 60.7 Å². The van der Waals surface area contributed by atoms with Crippen molar-refractivity contribution in [1.82, 2.24) is 5.32 Å². The second-order valence-corrected chi connectivity index (χ2v) is 5.29. The second-order valence-electron chi connectivity index (χ2n) is 5.29. The minimum absolute atomic E-state index is 0.415. The Bertz CT molecular complexity index is 518. The van der Waals surface area contributed by atoms with Crippen LogP contribution in [0.1, 0.15) is 17.5 Å². The number of rotatable bonds is 3. The summed E-state index contributed by atoms with van der Waals surface area (Å²) < 4.78 is 16.0. The van der Waals surface area contributed by atoms with Gasteiger partial charge in [-0.1, -0.05) is 60.7 Å². The molecule has 1 fully saturated rings. The maximum Gasteiger partial charge on any atom is 0.176 e. The van der Waals surface area contributed by atoms with Crippen LogP contribution in [0.2, 0.25) is 0 Å². The first-order valence-electron chi connectivity index (χ1n) is 6.92. The molecule has 0 aromatic heterocycles. The van der Waals surface area contributed by atoms with Crippen molar-refractivity contribution in [2.45, 2.75) is 24.2 Å². The highest BCUT2D eigenvalue weighted by molar-refractivity contribution is 5.38. The summed E-state index contributed by atoms with van der Waals surface area (Å²) in [4.78, 5) is 0. The predicted octanol–water partition coefficient (Wildman–Crippen LogP) is 2.62. The largest absolute Gasteiger partial charge is 0.392 e. The standard InChI is InChI=1S/C17H18FNO/c18-17(13-7-3-1-4-8-13,14-9-5-2-6-10-14)16-11-15(20)12-19-16/h1-10,15-16,19-20H,11-12H2/t15-,16+/m1/s1. The molecule has 1 saturated heterocycles. The average molecular weight is 271 g/mol. The third-order valence-corrected chi connectivity index (χ3v) is 3.98. The number of alkyl halides is 1. The van der Waals surface area contributed by atoms with Crippen LogP contribution in [0.3, 0.4) is 0 Å². The molecule has 3 heteroatoms. The molecule has 20 heavy (non-hydrogen) atoms. The molecule has 0 saturated carbocycles. The number of β-amino-alcohol motifs (C(OH)–C–C–N with tert-alkyl or cyclic N) is 1. The van der Waals surface area contributed by atoms with Gasteiger partial charge in [-0.25, -0.2) is 4.39 Å². The van der Waals surface area contributed by atoms with Gasteiger partial charge >= 0.3 is 0 Å². The molecular weight excluding hydrogens is 253 g/mol. The Morgan fingerprint density at radius 1 is 0.950 bits per heavy atom. The van der Waals surface area contributed by atoms with E-state index in [0.29, 0.717) is 24.1 Å². The summed E-state index contributed by atoms with van der Waals surface area (Å²) in [6.07, 6.45) is -0.0668. The fourth-order valence-corrected chi connectivity index (χ4v) is 2.95. The van der Waals surface area contributed by atoms with Gasteiger partial charge in [0.1, 0.15) is 0 Å². The van der Waals surface area contributed by atoms with E-state index in [9.17, 15) is 5.11 Å². The summed E-state index contributed by atoms with van der Waals surface area (Å²) >= 11 is 0. The number of benzene rings is 2. The highest BCUT2D eigenvalue weighted by Crippen LogP contribution is 2.40. The number of halogens is 1. The van der Waals surface area contributed by atoms with E-state index < -0.39 is 17.8 Å². The molecule has 0 radical (unpaired) electrons. The van der Waals surface area contributed by atoms with Crippen molar-refractivity contribution in [3.8, 4) is 0 Å². The molecule has 1 aliphatic heterocycles. The second kappa shape index (κ2) is 5.35. The lowest BCUT2D eigenvalue weighted by Crippen LogP contribution is -2.42. The highest BCUT2D eigenvalue weighted by Gasteiger charge is 2.45. The average Bonchev–Trinajstić information content (AvgIpc) is 2.95. The molecule has 1 aliphatic rings. The zero-order chi connectivity index (χ0) is 14.0. The summed E-state index contributed by atoms with van der Waals surface area (Å²) in [5.41, 5.74) is -0.379. The van der Waals surface area contributed by atoms with E-state index >= 15 is 4.39 Å². The summed E-state index contributed by atoms with van der Waals surface area (Å²) in [5, 5.41) is 12.8. The van der Waals surface area contributed by atoms with Crippen molar-refractivity contribution in [2.75, 3.05) is 6.54 Å². The molecule has 0 aliphatic carbocycles. The molecule has 2 aromatic rings. The van der Waals surface area contributed by atoms with Crippen LogP contribution in [0.4, 0.5) is 4.39 Å². The first-order valence-corrected chi connectivity index (χ1v) is 6.92.